The zero-order valence-electron chi connectivity index (χ0n) is 26.6. The summed E-state index contributed by atoms with van der Waals surface area (Å²) in [4.78, 5) is 37.2. The third-order valence-electron chi connectivity index (χ3n) is 8.45. The Kier molecular flexibility index (Phi) is 7.93. The maximum atomic E-state index is 15.4. The first-order valence-corrected chi connectivity index (χ1v) is 15.5. The van der Waals surface area contributed by atoms with Crippen LogP contribution in [-0.2, 0) is 16.8 Å². The van der Waals surface area contributed by atoms with Gasteiger partial charge in [-0.15, -0.1) is 0 Å². The van der Waals surface area contributed by atoms with Crippen molar-refractivity contribution >= 4 is 33.8 Å². The smallest absolute Gasteiger partial charge is 0.282 e. The molecule has 244 valence electrons. The molecule has 6 aromatic rings. The molecule has 0 radical (unpaired) electrons. The summed E-state index contributed by atoms with van der Waals surface area (Å²) in [5.41, 5.74) is 3.02. The number of imidazole rings is 1. The number of carbonyl (C=O) groups excluding carboxylic acids is 1. The van der Waals surface area contributed by atoms with Crippen LogP contribution in [0.1, 0.15) is 42.3 Å². The van der Waals surface area contributed by atoms with Gasteiger partial charge in [-0.3, -0.25) is 9.59 Å². The van der Waals surface area contributed by atoms with Gasteiger partial charge in [0, 0.05) is 48.2 Å². The molecule has 0 bridgehead atoms. The van der Waals surface area contributed by atoms with Gasteiger partial charge < -0.3 is 20.1 Å². The summed E-state index contributed by atoms with van der Waals surface area (Å²) in [6.45, 7) is 7.56. The highest BCUT2D eigenvalue weighted by Crippen LogP contribution is 2.32. The van der Waals surface area contributed by atoms with Gasteiger partial charge in [0.2, 0.25) is 0 Å². The zero-order chi connectivity index (χ0) is 33.6. The van der Waals surface area contributed by atoms with Gasteiger partial charge in [0.1, 0.15) is 11.6 Å². The van der Waals surface area contributed by atoms with Crippen LogP contribution in [0.4, 0.5) is 15.9 Å². The third kappa shape index (κ3) is 5.67. The van der Waals surface area contributed by atoms with E-state index in [9.17, 15) is 14.7 Å². The maximum absolute atomic E-state index is 15.4. The van der Waals surface area contributed by atoms with Gasteiger partial charge in [0.25, 0.3) is 11.5 Å². The van der Waals surface area contributed by atoms with Crippen LogP contribution in [0.3, 0.4) is 0 Å². The van der Waals surface area contributed by atoms with E-state index in [1.54, 1.807) is 64.3 Å². The van der Waals surface area contributed by atoms with Crippen molar-refractivity contribution in [3.63, 3.8) is 0 Å². The highest BCUT2D eigenvalue weighted by Gasteiger charge is 2.22. The number of carbonyl (C=O) groups is 1. The van der Waals surface area contributed by atoms with Crippen molar-refractivity contribution in [3.05, 3.63) is 106 Å². The van der Waals surface area contributed by atoms with Crippen molar-refractivity contribution in [1.29, 1.82) is 0 Å². The molecule has 0 atom stereocenters. The van der Waals surface area contributed by atoms with Crippen LogP contribution in [-0.4, -0.2) is 71.6 Å². The molecule has 0 unspecified atom stereocenters. The van der Waals surface area contributed by atoms with Gasteiger partial charge in [-0.05, 0) is 47.4 Å². The molecule has 12 nitrogen and oxygen atoms in total. The normalized spacial score (nSPS) is 13.7. The topological polar surface area (TPSA) is 140 Å². The first-order chi connectivity index (χ1) is 23.1. The number of ether oxygens (including phenoxy) is 1. The Hall–Kier alpha value is -5.53. The van der Waals surface area contributed by atoms with Gasteiger partial charge in [-0.2, -0.15) is 14.9 Å². The quantitative estimate of drug-likeness (QED) is 0.265. The van der Waals surface area contributed by atoms with Crippen LogP contribution in [0.5, 0.6) is 0 Å². The molecule has 2 aromatic carbocycles. The molecular formula is C35H33FN8O4. The summed E-state index contributed by atoms with van der Waals surface area (Å²) in [6.07, 6.45) is 6.29. The number of nitrogens with zero attached hydrogens (tertiary/aromatic N) is 7. The van der Waals surface area contributed by atoms with Crippen molar-refractivity contribution in [2.75, 3.05) is 31.6 Å². The number of benzene rings is 2. The number of aliphatic hydroxyl groups is 1. The van der Waals surface area contributed by atoms with E-state index in [0.717, 1.165) is 10.2 Å². The Balaban J connectivity index is 1.26. The second-order valence-corrected chi connectivity index (χ2v) is 12.6. The molecule has 48 heavy (non-hydrogen) atoms. The summed E-state index contributed by atoms with van der Waals surface area (Å²) in [7, 11) is 0. The van der Waals surface area contributed by atoms with Crippen LogP contribution >= 0.6 is 0 Å². The summed E-state index contributed by atoms with van der Waals surface area (Å²) in [6, 6.07) is 13.5. The molecule has 1 fully saturated rings. The summed E-state index contributed by atoms with van der Waals surface area (Å²) in [5, 5.41) is 23.3. The number of amides is 1. The van der Waals surface area contributed by atoms with E-state index < -0.39 is 18.0 Å². The third-order valence-corrected chi connectivity index (χ3v) is 8.45. The predicted molar refractivity (Wildman–Crippen MR) is 178 cm³/mol. The van der Waals surface area contributed by atoms with Gasteiger partial charge in [0.15, 0.2) is 5.65 Å². The van der Waals surface area contributed by atoms with E-state index >= 15 is 4.39 Å². The van der Waals surface area contributed by atoms with Crippen molar-refractivity contribution in [2.45, 2.75) is 32.8 Å². The largest absolute Gasteiger partial charge is 0.392 e. The van der Waals surface area contributed by atoms with Gasteiger partial charge in [-0.1, -0.05) is 32.9 Å². The van der Waals surface area contributed by atoms with E-state index in [0.29, 0.717) is 76.9 Å². The lowest BCUT2D eigenvalue weighted by Crippen LogP contribution is -2.40. The van der Waals surface area contributed by atoms with Crippen LogP contribution < -0.4 is 10.9 Å². The fraction of sp³-hybridized carbons (Fsp3) is 0.257. The lowest BCUT2D eigenvalue weighted by atomic mass is 9.86. The van der Waals surface area contributed by atoms with Crippen LogP contribution in [0, 0.1) is 5.82 Å². The zero-order valence-corrected chi connectivity index (χ0v) is 26.6. The standard InChI is InChI=1S/C35H33FN8O4/c1-35(2,3)23-15-22-19-39-44(34(47)31(22)26(36)16-23)29-6-4-5-24(25(29)20-45)27-17-28(32-37-9-10-43(32)41-27)40-30-8-7-21(18-38-30)33(46)42-11-13-48-14-12-42/h4-10,15-19,45H,11-14,20H2,1-3H3,(H,38,40). The van der Waals surface area contributed by atoms with Crippen molar-refractivity contribution in [1.82, 2.24) is 34.3 Å². The highest BCUT2D eigenvalue weighted by molar-refractivity contribution is 5.94. The molecule has 1 aliphatic heterocycles. The molecule has 1 amide bonds. The number of morpholine rings is 1. The monoisotopic (exact) mass is 648 g/mol. The number of hydrogen-bond acceptors (Lipinski definition) is 9. The van der Waals surface area contributed by atoms with Gasteiger partial charge in [-0.25, -0.2) is 18.9 Å². The summed E-state index contributed by atoms with van der Waals surface area (Å²) in [5.74, 6) is -0.251. The maximum Gasteiger partial charge on any atom is 0.282 e. The number of hydrogen-bond donors (Lipinski definition) is 2. The molecule has 0 saturated carbocycles. The second kappa shape index (κ2) is 12.2. The molecule has 13 heteroatoms. The van der Waals surface area contributed by atoms with E-state index in [-0.39, 0.29) is 16.7 Å². The first-order valence-electron chi connectivity index (χ1n) is 15.5. The van der Waals surface area contributed by atoms with Crippen molar-refractivity contribution in [2.24, 2.45) is 0 Å². The molecule has 1 aliphatic rings. The minimum Gasteiger partial charge on any atom is -0.392 e. The number of fused-ring (bicyclic) bond motifs is 2. The molecule has 0 spiro atoms. The Morgan fingerprint density at radius 2 is 1.88 bits per heavy atom. The lowest BCUT2D eigenvalue weighted by molar-refractivity contribution is 0.0302. The molecule has 7 rings (SSSR count). The minimum absolute atomic E-state index is 0.0816. The Morgan fingerprint density at radius 3 is 2.60 bits per heavy atom. The van der Waals surface area contributed by atoms with Crippen LogP contribution in [0.15, 0.2) is 78.1 Å². The molecule has 0 aliphatic carbocycles. The molecule has 5 heterocycles. The summed E-state index contributed by atoms with van der Waals surface area (Å²) < 4.78 is 23.4. The average Bonchev–Trinajstić information content (AvgIpc) is 3.57. The number of rotatable bonds is 6. The fourth-order valence-electron chi connectivity index (χ4n) is 5.84. The summed E-state index contributed by atoms with van der Waals surface area (Å²) >= 11 is 0. The van der Waals surface area contributed by atoms with Crippen molar-refractivity contribution in [3.8, 4) is 16.9 Å². The van der Waals surface area contributed by atoms with Crippen LogP contribution in [0.2, 0.25) is 0 Å². The van der Waals surface area contributed by atoms with E-state index in [1.807, 2.05) is 20.8 Å². The van der Waals surface area contributed by atoms with E-state index in [4.69, 9.17) is 9.84 Å². The Morgan fingerprint density at radius 1 is 1.06 bits per heavy atom. The van der Waals surface area contributed by atoms with Crippen LogP contribution in [0.25, 0.3) is 33.4 Å². The van der Waals surface area contributed by atoms with E-state index in [2.05, 4.69) is 20.4 Å². The van der Waals surface area contributed by atoms with Crippen molar-refractivity contribution < 1.29 is 19.0 Å². The second-order valence-electron chi connectivity index (χ2n) is 12.6. The highest BCUT2D eigenvalue weighted by atomic mass is 19.1. The number of halogens is 1. The fourth-order valence-corrected chi connectivity index (χ4v) is 5.84. The SMILES string of the molecule is CC(C)(C)c1cc(F)c2c(=O)n(-c3cccc(-c4cc(Nc5ccc(C(=O)N6CCOCC6)cn5)c5nccn5n4)c3CO)ncc2c1. The molecule has 2 N–H and O–H groups in total. The first kappa shape index (κ1) is 31.1. The Labute approximate surface area is 274 Å². The predicted octanol–water partition coefficient (Wildman–Crippen LogP) is 4.64. The Bertz CT molecular complexity index is 2240. The number of aromatic nitrogens is 6. The van der Waals surface area contributed by atoms with E-state index in [1.165, 1.54) is 18.5 Å². The number of pyridine rings is 1. The number of aliphatic hydroxyl groups excluding tert-OH is 1. The molecule has 4 aromatic heterocycles. The number of anilines is 2. The van der Waals surface area contributed by atoms with Gasteiger partial charge >= 0.3 is 0 Å². The molecule has 1 saturated heterocycles. The number of nitrogens with one attached hydrogen (secondary N) is 1. The molecular weight excluding hydrogens is 615 g/mol. The lowest BCUT2D eigenvalue weighted by Gasteiger charge is -2.26. The average molecular weight is 649 g/mol. The van der Waals surface area contributed by atoms with Gasteiger partial charge in [0.05, 0.1) is 54.0 Å². The minimum atomic E-state index is -0.640.